The number of benzene rings is 1. The van der Waals surface area contributed by atoms with E-state index in [-0.39, 0.29) is 31.1 Å². The molecule has 1 rings (SSSR count). The number of amides is 1. The predicted molar refractivity (Wildman–Crippen MR) is 79.4 cm³/mol. The number of rotatable bonds is 8. The summed E-state index contributed by atoms with van der Waals surface area (Å²) in [4.78, 5) is 33.7. The molecular formula is C16H21NO4. The third kappa shape index (κ3) is 6.21. The van der Waals surface area contributed by atoms with Crippen molar-refractivity contribution in [1.29, 1.82) is 0 Å². The Morgan fingerprint density at radius 2 is 1.71 bits per heavy atom. The summed E-state index contributed by atoms with van der Waals surface area (Å²) in [7, 11) is 0. The van der Waals surface area contributed by atoms with E-state index in [0.29, 0.717) is 17.9 Å². The minimum Gasteiger partial charge on any atom is -0.481 e. The van der Waals surface area contributed by atoms with Gasteiger partial charge in [0, 0.05) is 18.4 Å². The van der Waals surface area contributed by atoms with Crippen molar-refractivity contribution in [3.05, 3.63) is 35.4 Å². The van der Waals surface area contributed by atoms with Crippen molar-refractivity contribution in [2.75, 3.05) is 6.54 Å². The molecule has 0 aliphatic rings. The molecule has 0 aromatic heterocycles. The summed E-state index contributed by atoms with van der Waals surface area (Å²) in [5, 5.41) is 11.0. The van der Waals surface area contributed by atoms with Gasteiger partial charge >= 0.3 is 5.97 Å². The Morgan fingerprint density at radius 1 is 1.10 bits per heavy atom. The Hall–Kier alpha value is -2.17. The number of carbonyl (C=O) groups is 3. The fourth-order valence-electron chi connectivity index (χ4n) is 1.83. The van der Waals surface area contributed by atoms with Gasteiger partial charge in [0.15, 0.2) is 5.78 Å². The number of hydrogen-bond donors (Lipinski definition) is 2. The standard InChI is InChI=1S/C16H21NO4/c1-11(2)12-6-8-13(9-7-12)16(21)17-10-14(18)4-3-5-15(19)20/h6-9,11H,3-5,10H2,1-2H3,(H,17,21)(H,19,20). The average molecular weight is 291 g/mol. The Balaban J connectivity index is 2.39. The van der Waals surface area contributed by atoms with Crippen LogP contribution in [0.2, 0.25) is 0 Å². The first-order valence-corrected chi connectivity index (χ1v) is 7.01. The number of Topliss-reactive ketones (excluding diaryl/α,β-unsaturated/α-hetero) is 1. The lowest BCUT2D eigenvalue weighted by molar-refractivity contribution is -0.137. The van der Waals surface area contributed by atoms with E-state index in [1.54, 1.807) is 12.1 Å². The summed E-state index contributed by atoms with van der Waals surface area (Å²) in [6.07, 6.45) is 0.433. The molecule has 2 N–H and O–H groups in total. The smallest absolute Gasteiger partial charge is 0.303 e. The van der Waals surface area contributed by atoms with Gasteiger partial charge in [0.1, 0.15) is 0 Å². The average Bonchev–Trinajstić information content (AvgIpc) is 2.44. The van der Waals surface area contributed by atoms with Crippen molar-refractivity contribution in [2.45, 2.75) is 39.0 Å². The van der Waals surface area contributed by atoms with Crippen molar-refractivity contribution in [3.63, 3.8) is 0 Å². The molecule has 0 fully saturated rings. The van der Waals surface area contributed by atoms with Gasteiger partial charge in [-0.15, -0.1) is 0 Å². The third-order valence-corrected chi connectivity index (χ3v) is 3.13. The van der Waals surface area contributed by atoms with Crippen LogP contribution in [-0.4, -0.2) is 29.3 Å². The van der Waals surface area contributed by atoms with Gasteiger partial charge in [-0.1, -0.05) is 26.0 Å². The number of nitrogens with one attached hydrogen (secondary N) is 1. The monoisotopic (exact) mass is 291 g/mol. The van der Waals surface area contributed by atoms with E-state index >= 15 is 0 Å². The Kier molecular flexibility index (Phi) is 6.59. The number of carbonyl (C=O) groups excluding carboxylic acids is 2. The van der Waals surface area contributed by atoms with Crippen molar-refractivity contribution >= 4 is 17.7 Å². The van der Waals surface area contributed by atoms with Crippen LogP contribution >= 0.6 is 0 Å². The summed E-state index contributed by atoms with van der Waals surface area (Å²) >= 11 is 0. The first-order valence-electron chi connectivity index (χ1n) is 7.01. The molecule has 1 aromatic rings. The second kappa shape index (κ2) is 8.19. The first-order chi connectivity index (χ1) is 9.90. The highest BCUT2D eigenvalue weighted by atomic mass is 16.4. The van der Waals surface area contributed by atoms with Gasteiger partial charge in [-0.3, -0.25) is 14.4 Å². The normalized spacial score (nSPS) is 10.4. The Bertz CT molecular complexity index is 506. The molecule has 1 aromatic carbocycles. The van der Waals surface area contributed by atoms with E-state index in [2.05, 4.69) is 19.2 Å². The van der Waals surface area contributed by atoms with Crippen molar-refractivity contribution in [1.82, 2.24) is 5.32 Å². The highest BCUT2D eigenvalue weighted by Crippen LogP contribution is 2.14. The molecule has 0 heterocycles. The van der Waals surface area contributed by atoms with Gasteiger partial charge in [0.25, 0.3) is 5.91 Å². The van der Waals surface area contributed by atoms with Crippen LogP contribution in [0.4, 0.5) is 0 Å². The minimum atomic E-state index is -0.919. The molecule has 5 heteroatoms. The van der Waals surface area contributed by atoms with Gasteiger partial charge in [0.05, 0.1) is 6.54 Å². The predicted octanol–water partition coefficient (Wildman–Crippen LogP) is 2.36. The van der Waals surface area contributed by atoms with Crippen LogP contribution < -0.4 is 5.32 Å². The van der Waals surface area contributed by atoms with Crippen LogP contribution in [0.1, 0.15) is 54.9 Å². The number of carboxylic acids is 1. The Labute approximate surface area is 124 Å². The second-order valence-corrected chi connectivity index (χ2v) is 5.25. The van der Waals surface area contributed by atoms with Gasteiger partial charge in [-0.2, -0.15) is 0 Å². The Morgan fingerprint density at radius 3 is 2.24 bits per heavy atom. The summed E-state index contributed by atoms with van der Waals surface area (Å²) in [6.45, 7) is 4.08. The summed E-state index contributed by atoms with van der Waals surface area (Å²) < 4.78 is 0. The topological polar surface area (TPSA) is 83.5 Å². The quantitative estimate of drug-likeness (QED) is 0.770. The first kappa shape index (κ1) is 16.9. The molecule has 0 radical (unpaired) electrons. The zero-order valence-electron chi connectivity index (χ0n) is 12.4. The van der Waals surface area contributed by atoms with Crippen LogP contribution in [0.15, 0.2) is 24.3 Å². The van der Waals surface area contributed by atoms with Gasteiger partial charge in [0.2, 0.25) is 0 Å². The molecule has 114 valence electrons. The SMILES string of the molecule is CC(C)c1ccc(C(=O)NCC(=O)CCCC(=O)O)cc1. The zero-order valence-corrected chi connectivity index (χ0v) is 12.4. The molecule has 0 unspecified atom stereocenters. The molecule has 21 heavy (non-hydrogen) atoms. The zero-order chi connectivity index (χ0) is 15.8. The van der Waals surface area contributed by atoms with Crippen LogP contribution in [0.3, 0.4) is 0 Å². The van der Waals surface area contributed by atoms with Gasteiger partial charge < -0.3 is 10.4 Å². The van der Waals surface area contributed by atoms with Crippen LogP contribution in [0.5, 0.6) is 0 Å². The maximum atomic E-state index is 11.9. The molecule has 0 aliphatic carbocycles. The number of carboxylic acid groups (broad SMARTS) is 1. The van der Waals surface area contributed by atoms with Crippen molar-refractivity contribution in [2.24, 2.45) is 0 Å². The molecule has 5 nitrogen and oxygen atoms in total. The highest BCUT2D eigenvalue weighted by molar-refractivity contribution is 5.96. The molecule has 0 saturated carbocycles. The van der Waals surface area contributed by atoms with E-state index in [4.69, 9.17) is 5.11 Å². The molecule has 0 saturated heterocycles. The van der Waals surface area contributed by atoms with E-state index in [0.717, 1.165) is 5.56 Å². The molecule has 0 aliphatic heterocycles. The van der Waals surface area contributed by atoms with E-state index in [1.165, 1.54) is 0 Å². The second-order valence-electron chi connectivity index (χ2n) is 5.25. The van der Waals surface area contributed by atoms with Gasteiger partial charge in [-0.25, -0.2) is 0 Å². The fraction of sp³-hybridized carbons (Fsp3) is 0.438. The summed E-state index contributed by atoms with van der Waals surface area (Å²) in [5.41, 5.74) is 1.66. The summed E-state index contributed by atoms with van der Waals surface area (Å²) in [5.74, 6) is -0.977. The van der Waals surface area contributed by atoms with E-state index in [1.807, 2.05) is 12.1 Å². The maximum absolute atomic E-state index is 11.9. The van der Waals surface area contributed by atoms with Crippen molar-refractivity contribution < 1.29 is 19.5 Å². The summed E-state index contributed by atoms with van der Waals surface area (Å²) in [6, 6.07) is 7.27. The van der Waals surface area contributed by atoms with Crippen molar-refractivity contribution in [3.8, 4) is 0 Å². The van der Waals surface area contributed by atoms with Crippen LogP contribution in [0, 0.1) is 0 Å². The number of aliphatic carboxylic acids is 1. The minimum absolute atomic E-state index is 0.0314. The van der Waals surface area contributed by atoms with E-state index < -0.39 is 5.97 Å². The lowest BCUT2D eigenvalue weighted by Crippen LogP contribution is -2.29. The fourth-order valence-corrected chi connectivity index (χ4v) is 1.83. The largest absolute Gasteiger partial charge is 0.481 e. The molecule has 0 atom stereocenters. The molecule has 1 amide bonds. The molecular weight excluding hydrogens is 270 g/mol. The van der Waals surface area contributed by atoms with E-state index in [9.17, 15) is 14.4 Å². The third-order valence-electron chi connectivity index (χ3n) is 3.13. The van der Waals surface area contributed by atoms with Crippen LogP contribution in [-0.2, 0) is 9.59 Å². The molecule has 0 spiro atoms. The van der Waals surface area contributed by atoms with Gasteiger partial charge in [-0.05, 0) is 30.0 Å². The van der Waals surface area contributed by atoms with Crippen LogP contribution in [0.25, 0.3) is 0 Å². The number of hydrogen-bond acceptors (Lipinski definition) is 3. The lowest BCUT2D eigenvalue weighted by atomic mass is 10.0. The highest BCUT2D eigenvalue weighted by Gasteiger charge is 2.09. The maximum Gasteiger partial charge on any atom is 0.303 e. The molecule has 0 bridgehead atoms. The lowest BCUT2D eigenvalue weighted by Gasteiger charge is -2.07. The number of ketones is 1.